The van der Waals surface area contributed by atoms with Crippen LogP contribution in [0, 0.1) is 5.41 Å². The molecule has 16 heavy (non-hydrogen) atoms. The summed E-state index contributed by atoms with van der Waals surface area (Å²) in [6, 6.07) is 0. The number of hydrogen-bond acceptors (Lipinski definition) is 2. The summed E-state index contributed by atoms with van der Waals surface area (Å²) in [6.45, 7) is 5.97. The predicted octanol–water partition coefficient (Wildman–Crippen LogP) is 1.56. The summed E-state index contributed by atoms with van der Waals surface area (Å²) >= 11 is 11.8. The number of hydrazine groups is 1. The van der Waals surface area contributed by atoms with E-state index < -0.39 is 5.41 Å². The number of carbonyl (C=O) groups excluding carboxylic acids is 1. The SMILES string of the molecule is C=CCNC(=S)NNC(=O)[C@@]1(C)CC1(Br)Br. The zero-order chi connectivity index (χ0) is 12.4. The van der Waals surface area contributed by atoms with Crippen LogP contribution in [0.3, 0.4) is 0 Å². The van der Waals surface area contributed by atoms with Gasteiger partial charge in [-0.2, -0.15) is 0 Å². The summed E-state index contributed by atoms with van der Waals surface area (Å²) in [7, 11) is 0. The molecule has 0 heterocycles. The topological polar surface area (TPSA) is 53.2 Å². The van der Waals surface area contributed by atoms with Gasteiger partial charge in [-0.15, -0.1) is 6.58 Å². The molecule has 0 aromatic heterocycles. The fraction of sp³-hybridized carbons (Fsp3) is 0.556. The average molecular weight is 371 g/mol. The van der Waals surface area contributed by atoms with Crippen LogP contribution in [-0.4, -0.2) is 20.8 Å². The lowest BCUT2D eigenvalue weighted by molar-refractivity contribution is -0.126. The summed E-state index contributed by atoms with van der Waals surface area (Å²) in [5, 5.41) is 3.21. The third kappa shape index (κ3) is 2.95. The van der Waals surface area contributed by atoms with Crippen LogP contribution in [0.5, 0.6) is 0 Å². The first-order valence-corrected chi connectivity index (χ1v) is 6.66. The van der Waals surface area contributed by atoms with Crippen LogP contribution in [0.15, 0.2) is 12.7 Å². The Kier molecular flexibility index (Phi) is 4.36. The molecule has 1 atom stereocenters. The zero-order valence-electron chi connectivity index (χ0n) is 8.77. The van der Waals surface area contributed by atoms with Crippen LogP contribution in [0.25, 0.3) is 0 Å². The second kappa shape index (κ2) is 5.01. The molecule has 1 rings (SSSR count). The largest absolute Gasteiger partial charge is 0.358 e. The molecule has 1 aliphatic carbocycles. The second-order valence-electron chi connectivity index (χ2n) is 3.79. The van der Waals surface area contributed by atoms with Crippen LogP contribution >= 0.6 is 44.1 Å². The van der Waals surface area contributed by atoms with Gasteiger partial charge < -0.3 is 5.32 Å². The van der Waals surface area contributed by atoms with E-state index in [-0.39, 0.29) is 9.14 Å². The Morgan fingerprint density at radius 1 is 1.56 bits per heavy atom. The zero-order valence-corrected chi connectivity index (χ0v) is 12.8. The number of hydrogen-bond donors (Lipinski definition) is 3. The van der Waals surface area contributed by atoms with Gasteiger partial charge in [-0.25, -0.2) is 0 Å². The minimum absolute atomic E-state index is 0.107. The van der Waals surface area contributed by atoms with Gasteiger partial charge in [0.1, 0.15) is 0 Å². The van der Waals surface area contributed by atoms with E-state index in [1.807, 2.05) is 6.92 Å². The van der Waals surface area contributed by atoms with Crippen molar-refractivity contribution in [1.82, 2.24) is 16.2 Å². The molecule has 1 saturated carbocycles. The maximum atomic E-state index is 11.8. The first kappa shape index (κ1) is 13.9. The van der Waals surface area contributed by atoms with Gasteiger partial charge in [0.05, 0.1) is 8.65 Å². The Morgan fingerprint density at radius 2 is 2.12 bits per heavy atom. The molecule has 4 nitrogen and oxygen atoms in total. The monoisotopic (exact) mass is 369 g/mol. The maximum absolute atomic E-state index is 11.8. The van der Waals surface area contributed by atoms with Crippen LogP contribution < -0.4 is 16.2 Å². The molecule has 7 heteroatoms. The van der Waals surface area contributed by atoms with E-state index in [0.717, 1.165) is 6.42 Å². The molecule has 0 aromatic carbocycles. The number of thiocarbonyl (C=S) groups is 1. The van der Waals surface area contributed by atoms with Gasteiger partial charge in [0.15, 0.2) is 5.11 Å². The van der Waals surface area contributed by atoms with Crippen LogP contribution in [0.2, 0.25) is 0 Å². The lowest BCUT2D eigenvalue weighted by atomic mass is 10.1. The minimum Gasteiger partial charge on any atom is -0.358 e. The third-order valence-electron chi connectivity index (χ3n) is 2.46. The fourth-order valence-electron chi connectivity index (χ4n) is 1.11. The smallest absolute Gasteiger partial charge is 0.246 e. The van der Waals surface area contributed by atoms with E-state index >= 15 is 0 Å². The molecule has 0 saturated heterocycles. The highest BCUT2D eigenvalue weighted by Gasteiger charge is 2.66. The average Bonchev–Trinajstić information content (AvgIpc) is 2.73. The van der Waals surface area contributed by atoms with Crippen molar-refractivity contribution in [3.63, 3.8) is 0 Å². The molecular weight excluding hydrogens is 358 g/mol. The molecular formula is C9H13Br2N3OS. The number of carbonyl (C=O) groups is 1. The van der Waals surface area contributed by atoms with Crippen molar-refractivity contribution in [1.29, 1.82) is 0 Å². The molecule has 0 aromatic rings. The van der Waals surface area contributed by atoms with Gasteiger partial charge in [-0.05, 0) is 25.6 Å². The van der Waals surface area contributed by atoms with Crippen molar-refractivity contribution in [2.24, 2.45) is 5.41 Å². The number of amides is 1. The van der Waals surface area contributed by atoms with Gasteiger partial charge in [0.25, 0.3) is 0 Å². The highest BCUT2D eigenvalue weighted by atomic mass is 79.9. The normalized spacial score (nSPS) is 25.4. The second-order valence-corrected chi connectivity index (χ2v) is 7.97. The lowest BCUT2D eigenvalue weighted by Crippen LogP contribution is -2.49. The van der Waals surface area contributed by atoms with Gasteiger partial charge in [-0.1, -0.05) is 37.9 Å². The van der Waals surface area contributed by atoms with E-state index in [4.69, 9.17) is 12.2 Å². The summed E-state index contributed by atoms with van der Waals surface area (Å²) < 4.78 is -0.297. The molecule has 1 aliphatic rings. The van der Waals surface area contributed by atoms with Gasteiger partial charge in [-0.3, -0.25) is 15.6 Å². The molecule has 1 fully saturated rings. The molecule has 0 unspecified atom stereocenters. The van der Waals surface area contributed by atoms with Crippen molar-refractivity contribution in [2.45, 2.75) is 16.6 Å². The lowest BCUT2D eigenvalue weighted by Gasteiger charge is -2.15. The molecule has 0 aliphatic heterocycles. The van der Waals surface area contributed by atoms with E-state index in [9.17, 15) is 4.79 Å². The number of alkyl halides is 2. The van der Waals surface area contributed by atoms with Crippen LogP contribution in [0.4, 0.5) is 0 Å². The minimum atomic E-state index is -0.450. The predicted molar refractivity (Wildman–Crippen MR) is 75.4 cm³/mol. The van der Waals surface area contributed by atoms with E-state index in [1.54, 1.807) is 6.08 Å². The first-order chi connectivity index (χ1) is 7.33. The van der Waals surface area contributed by atoms with Crippen molar-refractivity contribution in [3.8, 4) is 0 Å². The highest BCUT2D eigenvalue weighted by molar-refractivity contribution is 9.25. The van der Waals surface area contributed by atoms with E-state index in [2.05, 4.69) is 54.6 Å². The van der Waals surface area contributed by atoms with Crippen LogP contribution in [0.1, 0.15) is 13.3 Å². The Bertz CT molecular complexity index is 335. The number of halogens is 2. The Balaban J connectivity index is 2.32. The summed E-state index contributed by atoms with van der Waals surface area (Å²) in [5.74, 6) is -0.107. The quantitative estimate of drug-likeness (QED) is 0.305. The Morgan fingerprint density at radius 3 is 2.56 bits per heavy atom. The van der Waals surface area contributed by atoms with Gasteiger partial charge in [0.2, 0.25) is 5.91 Å². The van der Waals surface area contributed by atoms with Gasteiger partial charge in [0, 0.05) is 6.54 Å². The van der Waals surface area contributed by atoms with Crippen molar-refractivity contribution in [2.75, 3.05) is 6.54 Å². The molecule has 1 amide bonds. The number of nitrogens with one attached hydrogen (secondary N) is 3. The summed E-state index contributed by atoms with van der Waals surface area (Å²) in [5.41, 5.74) is 4.75. The molecule has 0 bridgehead atoms. The molecule has 0 spiro atoms. The van der Waals surface area contributed by atoms with Crippen LogP contribution in [-0.2, 0) is 4.79 Å². The van der Waals surface area contributed by atoms with Gasteiger partial charge >= 0.3 is 0 Å². The van der Waals surface area contributed by atoms with Crippen molar-refractivity contribution in [3.05, 3.63) is 12.7 Å². The van der Waals surface area contributed by atoms with E-state index in [0.29, 0.717) is 11.7 Å². The third-order valence-corrected chi connectivity index (χ3v) is 5.01. The summed E-state index contributed by atoms with van der Waals surface area (Å²) in [6.07, 6.45) is 2.42. The Hall–Kier alpha value is -0.140. The summed E-state index contributed by atoms with van der Waals surface area (Å²) in [4.78, 5) is 11.8. The maximum Gasteiger partial charge on any atom is 0.246 e. The standard InChI is InChI=1S/C9H13Br2N3OS/c1-3-4-12-7(16)14-13-6(15)8(2)5-9(8,10)11/h3H,1,4-5H2,2H3,(H,13,15)(H2,12,14,16)/t8-/m1/s1. The highest BCUT2D eigenvalue weighted by Crippen LogP contribution is 2.66. The molecule has 0 radical (unpaired) electrons. The van der Waals surface area contributed by atoms with Crippen molar-refractivity contribution >= 4 is 55.1 Å². The molecule has 90 valence electrons. The Labute approximate surface area is 117 Å². The number of rotatable bonds is 3. The first-order valence-electron chi connectivity index (χ1n) is 4.66. The van der Waals surface area contributed by atoms with Crippen molar-refractivity contribution < 1.29 is 4.79 Å². The van der Waals surface area contributed by atoms with E-state index in [1.165, 1.54) is 0 Å². The molecule has 3 N–H and O–H groups in total. The fourth-order valence-corrected chi connectivity index (χ4v) is 2.72.